The molecule has 1 aromatic carbocycles. The molecule has 0 saturated carbocycles. The third kappa shape index (κ3) is 2.86. The molecule has 0 spiro atoms. The molecule has 4 heteroatoms. The molecule has 0 radical (unpaired) electrons. The van der Waals surface area contributed by atoms with Crippen LogP contribution in [-0.2, 0) is 12.8 Å². The summed E-state index contributed by atoms with van der Waals surface area (Å²) in [5.74, 6) is 0. The number of rotatable bonds is 3. The lowest BCUT2D eigenvalue weighted by molar-refractivity contribution is 0.209. The first-order valence-corrected chi connectivity index (χ1v) is 5.27. The Hall–Kier alpha value is -1.22. The summed E-state index contributed by atoms with van der Waals surface area (Å²) in [5.41, 5.74) is 2.54. The Labute approximate surface area is 94.1 Å². The van der Waals surface area contributed by atoms with Gasteiger partial charge in [0.2, 0.25) is 0 Å². The van der Waals surface area contributed by atoms with Crippen molar-refractivity contribution in [3.8, 4) is 0 Å². The molecule has 0 aliphatic carbocycles. The minimum Gasteiger partial charge on any atom is -0.465 e. The number of halogens is 1. The molecule has 3 nitrogen and oxygen atoms in total. The van der Waals surface area contributed by atoms with E-state index in [0.29, 0.717) is 10.7 Å². The van der Waals surface area contributed by atoms with Crippen LogP contribution < -0.4 is 5.32 Å². The van der Waals surface area contributed by atoms with Crippen LogP contribution in [0.15, 0.2) is 12.1 Å². The smallest absolute Gasteiger partial charge is 0.409 e. The fourth-order valence-corrected chi connectivity index (χ4v) is 1.81. The maximum Gasteiger partial charge on any atom is 0.409 e. The number of hydrogen-bond acceptors (Lipinski definition) is 1. The average molecular weight is 228 g/mol. The lowest BCUT2D eigenvalue weighted by atomic mass is 10.0. The van der Waals surface area contributed by atoms with Crippen molar-refractivity contribution in [1.29, 1.82) is 0 Å². The van der Waals surface area contributed by atoms with Gasteiger partial charge in [0.25, 0.3) is 0 Å². The van der Waals surface area contributed by atoms with Crippen molar-refractivity contribution in [2.24, 2.45) is 0 Å². The van der Waals surface area contributed by atoms with Crippen molar-refractivity contribution in [2.45, 2.75) is 26.7 Å². The second-order valence-electron chi connectivity index (χ2n) is 3.24. The van der Waals surface area contributed by atoms with Crippen LogP contribution in [-0.4, -0.2) is 11.2 Å². The Morgan fingerprint density at radius 1 is 1.33 bits per heavy atom. The summed E-state index contributed by atoms with van der Waals surface area (Å²) in [6.45, 7) is 3.94. The van der Waals surface area contributed by atoms with E-state index in [2.05, 4.69) is 5.32 Å². The Bertz CT molecular complexity index is 352. The average Bonchev–Trinajstić information content (AvgIpc) is 2.19. The van der Waals surface area contributed by atoms with E-state index in [4.69, 9.17) is 16.7 Å². The molecule has 0 fully saturated rings. The van der Waals surface area contributed by atoms with Crippen molar-refractivity contribution >= 4 is 23.4 Å². The third-order valence-electron chi connectivity index (χ3n) is 2.26. The topological polar surface area (TPSA) is 49.3 Å². The quantitative estimate of drug-likeness (QED) is 0.830. The normalized spacial score (nSPS) is 10.1. The lowest BCUT2D eigenvalue weighted by Gasteiger charge is -2.13. The molecule has 0 bridgehead atoms. The van der Waals surface area contributed by atoms with Crippen LogP contribution in [0.5, 0.6) is 0 Å². The van der Waals surface area contributed by atoms with Gasteiger partial charge in [-0.2, -0.15) is 0 Å². The molecular weight excluding hydrogens is 214 g/mol. The summed E-state index contributed by atoms with van der Waals surface area (Å²) in [4.78, 5) is 10.6. The first-order chi connectivity index (χ1) is 7.08. The second kappa shape index (κ2) is 5.03. The minimum atomic E-state index is -1.04. The van der Waals surface area contributed by atoms with Crippen LogP contribution >= 0.6 is 11.6 Å². The lowest BCUT2D eigenvalue weighted by Crippen LogP contribution is -2.11. The zero-order valence-electron chi connectivity index (χ0n) is 8.80. The van der Waals surface area contributed by atoms with E-state index in [1.54, 1.807) is 12.1 Å². The highest BCUT2D eigenvalue weighted by Gasteiger charge is 2.10. The van der Waals surface area contributed by atoms with Crippen molar-refractivity contribution in [1.82, 2.24) is 0 Å². The number of nitrogens with one attached hydrogen (secondary N) is 1. The molecule has 82 valence electrons. The highest BCUT2D eigenvalue weighted by atomic mass is 35.5. The van der Waals surface area contributed by atoms with Crippen molar-refractivity contribution < 1.29 is 9.90 Å². The van der Waals surface area contributed by atoms with E-state index in [-0.39, 0.29) is 0 Å². The Balaban J connectivity index is 3.23. The maximum atomic E-state index is 10.6. The van der Waals surface area contributed by atoms with E-state index in [1.807, 2.05) is 13.8 Å². The van der Waals surface area contributed by atoms with Gasteiger partial charge in [-0.15, -0.1) is 0 Å². The van der Waals surface area contributed by atoms with Crippen molar-refractivity contribution in [3.63, 3.8) is 0 Å². The molecule has 0 aliphatic heterocycles. The molecule has 0 heterocycles. The summed E-state index contributed by atoms with van der Waals surface area (Å²) in [5, 5.41) is 11.8. The molecule has 0 atom stereocenters. The van der Waals surface area contributed by atoms with Gasteiger partial charge < -0.3 is 5.11 Å². The highest BCUT2D eigenvalue weighted by molar-refractivity contribution is 6.30. The fraction of sp³-hybridized carbons (Fsp3) is 0.364. The summed E-state index contributed by atoms with van der Waals surface area (Å²) in [6, 6.07) is 3.60. The summed E-state index contributed by atoms with van der Waals surface area (Å²) >= 11 is 5.94. The summed E-state index contributed by atoms with van der Waals surface area (Å²) in [7, 11) is 0. The minimum absolute atomic E-state index is 0.652. The predicted octanol–water partition coefficient (Wildman–Crippen LogP) is 3.55. The van der Waals surface area contributed by atoms with E-state index >= 15 is 0 Å². The largest absolute Gasteiger partial charge is 0.465 e. The van der Waals surface area contributed by atoms with Crippen LogP contribution in [0, 0.1) is 0 Å². The van der Waals surface area contributed by atoms with Gasteiger partial charge in [0.1, 0.15) is 0 Å². The molecule has 0 aromatic heterocycles. The number of hydrogen-bond donors (Lipinski definition) is 2. The maximum absolute atomic E-state index is 10.6. The SMILES string of the molecule is CCc1cc(Cl)cc(CC)c1NC(=O)O. The van der Waals surface area contributed by atoms with Crippen LogP contribution in [0.25, 0.3) is 0 Å². The number of carbonyl (C=O) groups is 1. The molecule has 1 rings (SSSR count). The highest BCUT2D eigenvalue weighted by Crippen LogP contribution is 2.27. The monoisotopic (exact) mass is 227 g/mol. The van der Waals surface area contributed by atoms with Gasteiger partial charge in [0.15, 0.2) is 0 Å². The molecule has 0 aliphatic rings. The van der Waals surface area contributed by atoms with Crippen LogP contribution in [0.4, 0.5) is 10.5 Å². The molecule has 1 amide bonds. The van der Waals surface area contributed by atoms with Gasteiger partial charge in [0, 0.05) is 5.02 Å². The van der Waals surface area contributed by atoms with Gasteiger partial charge >= 0.3 is 6.09 Å². The zero-order valence-corrected chi connectivity index (χ0v) is 9.56. The van der Waals surface area contributed by atoms with Crippen LogP contribution in [0.1, 0.15) is 25.0 Å². The number of anilines is 1. The van der Waals surface area contributed by atoms with E-state index in [1.165, 1.54) is 0 Å². The van der Waals surface area contributed by atoms with Gasteiger partial charge in [-0.1, -0.05) is 25.4 Å². The second-order valence-corrected chi connectivity index (χ2v) is 3.67. The molecule has 0 saturated heterocycles. The van der Waals surface area contributed by atoms with Gasteiger partial charge in [0.05, 0.1) is 5.69 Å². The molecular formula is C11H14ClNO2. The first kappa shape index (κ1) is 11.9. The van der Waals surface area contributed by atoms with Gasteiger partial charge in [-0.05, 0) is 36.1 Å². The number of amides is 1. The van der Waals surface area contributed by atoms with Crippen LogP contribution in [0.2, 0.25) is 5.02 Å². The third-order valence-corrected chi connectivity index (χ3v) is 2.48. The first-order valence-electron chi connectivity index (χ1n) is 4.89. The molecule has 15 heavy (non-hydrogen) atoms. The van der Waals surface area contributed by atoms with E-state index < -0.39 is 6.09 Å². The predicted molar refractivity (Wildman–Crippen MR) is 61.9 cm³/mol. The Morgan fingerprint density at radius 2 is 1.80 bits per heavy atom. The number of carboxylic acid groups (broad SMARTS) is 1. The van der Waals surface area contributed by atoms with Crippen molar-refractivity contribution in [2.75, 3.05) is 5.32 Å². The molecule has 2 N–H and O–H groups in total. The summed E-state index contributed by atoms with van der Waals surface area (Å²) < 4.78 is 0. The number of benzene rings is 1. The van der Waals surface area contributed by atoms with E-state index in [9.17, 15) is 4.79 Å². The Morgan fingerprint density at radius 3 is 2.13 bits per heavy atom. The molecule has 0 unspecified atom stereocenters. The fourth-order valence-electron chi connectivity index (χ4n) is 1.55. The standard InChI is InChI=1S/C11H14ClNO2/c1-3-7-5-9(12)6-8(4-2)10(7)13-11(14)15/h5-6,13H,3-4H2,1-2H3,(H,14,15). The molecule has 1 aromatic rings. The summed E-state index contributed by atoms with van der Waals surface area (Å²) in [6.07, 6.45) is 0.466. The van der Waals surface area contributed by atoms with Gasteiger partial charge in [-0.3, -0.25) is 5.32 Å². The van der Waals surface area contributed by atoms with E-state index in [0.717, 1.165) is 24.0 Å². The van der Waals surface area contributed by atoms with Gasteiger partial charge in [-0.25, -0.2) is 4.79 Å². The Kier molecular flexibility index (Phi) is 3.97. The number of aryl methyl sites for hydroxylation is 2. The van der Waals surface area contributed by atoms with Crippen molar-refractivity contribution in [3.05, 3.63) is 28.3 Å². The van der Waals surface area contributed by atoms with Crippen LogP contribution in [0.3, 0.4) is 0 Å². The zero-order chi connectivity index (χ0) is 11.4.